The van der Waals surface area contributed by atoms with E-state index in [0.29, 0.717) is 17.8 Å². The quantitative estimate of drug-likeness (QED) is 0.599. The maximum absolute atomic E-state index is 13.1. The summed E-state index contributed by atoms with van der Waals surface area (Å²) in [7, 11) is 0. The zero-order valence-corrected chi connectivity index (χ0v) is 17.8. The van der Waals surface area contributed by atoms with E-state index < -0.39 is 6.04 Å². The van der Waals surface area contributed by atoms with E-state index in [1.54, 1.807) is 35.0 Å². The van der Waals surface area contributed by atoms with Gasteiger partial charge >= 0.3 is 0 Å². The highest BCUT2D eigenvalue weighted by Gasteiger charge is 2.39. The van der Waals surface area contributed by atoms with Gasteiger partial charge in [0.1, 0.15) is 0 Å². The summed E-state index contributed by atoms with van der Waals surface area (Å²) in [6, 6.07) is 19.0. The first kappa shape index (κ1) is 20.2. The van der Waals surface area contributed by atoms with Crippen LogP contribution in [0.4, 0.5) is 5.69 Å². The first-order valence-corrected chi connectivity index (χ1v) is 11.0. The van der Waals surface area contributed by atoms with Gasteiger partial charge in [-0.3, -0.25) is 19.5 Å². The van der Waals surface area contributed by atoms with Crippen LogP contribution < -0.4 is 10.2 Å². The zero-order valence-electron chi connectivity index (χ0n) is 17.0. The fourth-order valence-electron chi connectivity index (χ4n) is 3.64. The third kappa shape index (κ3) is 4.09. The SMILES string of the molecule is CSc1ccc(CNC(=O)C[C@@H]2c3ncccc3C(=O)N2c2ccc(C)cc2)cc1. The van der Waals surface area contributed by atoms with Crippen LogP contribution in [0, 0.1) is 6.92 Å². The van der Waals surface area contributed by atoms with Crippen molar-refractivity contribution in [2.24, 2.45) is 0 Å². The minimum Gasteiger partial charge on any atom is -0.352 e. The lowest BCUT2D eigenvalue weighted by Crippen LogP contribution is -2.32. The summed E-state index contributed by atoms with van der Waals surface area (Å²) in [6.07, 6.45) is 3.86. The number of amides is 2. The Hall–Kier alpha value is -3.12. The van der Waals surface area contributed by atoms with Crippen LogP contribution in [0.3, 0.4) is 0 Å². The van der Waals surface area contributed by atoms with Crippen LogP contribution in [-0.4, -0.2) is 23.1 Å². The average molecular weight is 418 g/mol. The Labute approximate surface area is 180 Å². The molecule has 1 atom stereocenters. The molecule has 30 heavy (non-hydrogen) atoms. The maximum Gasteiger partial charge on any atom is 0.260 e. The molecule has 0 saturated heterocycles. The monoisotopic (exact) mass is 417 g/mol. The number of fused-ring (bicyclic) bond motifs is 1. The normalized spacial score (nSPS) is 15.2. The van der Waals surface area contributed by atoms with Gasteiger partial charge in [0, 0.05) is 23.3 Å². The maximum atomic E-state index is 13.1. The van der Waals surface area contributed by atoms with Gasteiger partial charge in [0.15, 0.2) is 0 Å². The molecule has 2 heterocycles. The van der Waals surface area contributed by atoms with Crippen molar-refractivity contribution < 1.29 is 9.59 Å². The Morgan fingerprint density at radius 3 is 2.53 bits per heavy atom. The highest BCUT2D eigenvalue weighted by Crippen LogP contribution is 2.38. The van der Waals surface area contributed by atoms with Gasteiger partial charge in [-0.05, 0) is 55.1 Å². The number of aryl methyl sites for hydroxylation is 1. The van der Waals surface area contributed by atoms with Crippen molar-refractivity contribution >= 4 is 29.3 Å². The number of nitrogens with one attached hydrogen (secondary N) is 1. The molecule has 5 nitrogen and oxygen atoms in total. The molecule has 1 N–H and O–H groups in total. The summed E-state index contributed by atoms with van der Waals surface area (Å²) in [5, 5.41) is 2.98. The first-order valence-electron chi connectivity index (χ1n) is 9.81. The number of carbonyl (C=O) groups is 2. The highest BCUT2D eigenvalue weighted by atomic mass is 32.2. The van der Waals surface area contributed by atoms with E-state index in [0.717, 1.165) is 16.8 Å². The third-order valence-corrected chi connectivity index (χ3v) is 6.00. The van der Waals surface area contributed by atoms with Gasteiger partial charge in [-0.2, -0.15) is 0 Å². The second-order valence-electron chi connectivity index (χ2n) is 7.29. The molecule has 0 aliphatic carbocycles. The molecule has 1 aliphatic heterocycles. The van der Waals surface area contributed by atoms with Crippen LogP contribution in [-0.2, 0) is 11.3 Å². The lowest BCUT2D eigenvalue weighted by Gasteiger charge is -2.24. The highest BCUT2D eigenvalue weighted by molar-refractivity contribution is 7.98. The molecule has 2 amide bonds. The van der Waals surface area contributed by atoms with Crippen molar-refractivity contribution in [1.29, 1.82) is 0 Å². The summed E-state index contributed by atoms with van der Waals surface area (Å²) >= 11 is 1.68. The largest absolute Gasteiger partial charge is 0.352 e. The van der Waals surface area contributed by atoms with E-state index in [1.807, 2.05) is 61.7 Å². The van der Waals surface area contributed by atoms with E-state index in [2.05, 4.69) is 10.3 Å². The number of pyridine rings is 1. The Morgan fingerprint density at radius 1 is 1.10 bits per heavy atom. The van der Waals surface area contributed by atoms with Crippen LogP contribution >= 0.6 is 11.8 Å². The van der Waals surface area contributed by atoms with E-state index in [4.69, 9.17) is 0 Å². The molecule has 3 aromatic rings. The minimum atomic E-state index is -0.421. The topological polar surface area (TPSA) is 62.3 Å². The zero-order chi connectivity index (χ0) is 21.1. The number of hydrogen-bond acceptors (Lipinski definition) is 4. The van der Waals surface area contributed by atoms with Crippen molar-refractivity contribution in [1.82, 2.24) is 10.3 Å². The molecule has 2 aromatic carbocycles. The molecule has 0 spiro atoms. The molecule has 4 rings (SSSR count). The standard InChI is InChI=1S/C24H23N3O2S/c1-16-5-9-18(10-6-16)27-21(23-20(24(27)29)4-3-13-25-23)14-22(28)26-15-17-7-11-19(30-2)12-8-17/h3-13,21H,14-15H2,1-2H3,(H,26,28)/t21-/m1/s1. The van der Waals surface area contributed by atoms with Crippen LogP contribution in [0.25, 0.3) is 0 Å². The Morgan fingerprint density at radius 2 is 1.83 bits per heavy atom. The van der Waals surface area contributed by atoms with Crippen LogP contribution in [0.15, 0.2) is 71.8 Å². The molecule has 0 bridgehead atoms. The molecular formula is C24H23N3O2S. The van der Waals surface area contributed by atoms with Gasteiger partial charge in [0.2, 0.25) is 5.91 Å². The van der Waals surface area contributed by atoms with Crippen molar-refractivity contribution in [3.63, 3.8) is 0 Å². The molecule has 0 fully saturated rings. The second-order valence-corrected chi connectivity index (χ2v) is 8.17. The summed E-state index contributed by atoms with van der Waals surface area (Å²) in [6.45, 7) is 2.45. The van der Waals surface area contributed by atoms with Gasteiger partial charge in [-0.1, -0.05) is 29.8 Å². The third-order valence-electron chi connectivity index (χ3n) is 5.25. The first-order chi connectivity index (χ1) is 14.6. The number of thioether (sulfide) groups is 1. The van der Waals surface area contributed by atoms with Crippen molar-refractivity contribution in [2.75, 3.05) is 11.2 Å². The van der Waals surface area contributed by atoms with Gasteiger partial charge in [0.05, 0.1) is 23.7 Å². The van der Waals surface area contributed by atoms with E-state index in [1.165, 1.54) is 4.90 Å². The second kappa shape index (κ2) is 8.71. The fraction of sp³-hybridized carbons (Fsp3) is 0.208. The summed E-state index contributed by atoms with van der Waals surface area (Å²) < 4.78 is 0. The van der Waals surface area contributed by atoms with Crippen molar-refractivity contribution in [2.45, 2.75) is 30.8 Å². The molecule has 1 aliphatic rings. The van der Waals surface area contributed by atoms with Gasteiger partial charge < -0.3 is 5.32 Å². The molecule has 6 heteroatoms. The number of carbonyl (C=O) groups excluding carboxylic acids is 2. The van der Waals surface area contributed by atoms with Gasteiger partial charge in [-0.15, -0.1) is 11.8 Å². The summed E-state index contributed by atoms with van der Waals surface area (Å²) in [5.74, 6) is -0.232. The number of nitrogens with zero attached hydrogens (tertiary/aromatic N) is 2. The fourth-order valence-corrected chi connectivity index (χ4v) is 4.05. The van der Waals surface area contributed by atoms with E-state index in [-0.39, 0.29) is 18.2 Å². The van der Waals surface area contributed by atoms with E-state index >= 15 is 0 Å². The van der Waals surface area contributed by atoms with Crippen molar-refractivity contribution in [3.8, 4) is 0 Å². The molecule has 0 radical (unpaired) electrons. The number of benzene rings is 2. The van der Waals surface area contributed by atoms with Crippen LogP contribution in [0.2, 0.25) is 0 Å². The number of rotatable bonds is 6. The van der Waals surface area contributed by atoms with Crippen LogP contribution in [0.5, 0.6) is 0 Å². The Kier molecular flexibility index (Phi) is 5.86. The molecule has 152 valence electrons. The summed E-state index contributed by atoms with van der Waals surface area (Å²) in [5.41, 5.74) is 4.14. The van der Waals surface area contributed by atoms with Crippen molar-refractivity contribution in [3.05, 3.63) is 89.2 Å². The van der Waals surface area contributed by atoms with Gasteiger partial charge in [0.25, 0.3) is 5.91 Å². The predicted octanol–water partition coefficient (Wildman–Crippen LogP) is 4.52. The van der Waals surface area contributed by atoms with Crippen LogP contribution in [0.1, 0.15) is 39.6 Å². The lowest BCUT2D eigenvalue weighted by atomic mass is 10.1. The Balaban J connectivity index is 1.52. The lowest BCUT2D eigenvalue weighted by molar-refractivity contribution is -0.121. The number of anilines is 1. The Bertz CT molecular complexity index is 1060. The molecule has 1 aromatic heterocycles. The van der Waals surface area contributed by atoms with Gasteiger partial charge in [-0.25, -0.2) is 0 Å². The summed E-state index contributed by atoms with van der Waals surface area (Å²) in [4.78, 5) is 33.1. The number of hydrogen-bond donors (Lipinski definition) is 1. The smallest absolute Gasteiger partial charge is 0.260 e. The van der Waals surface area contributed by atoms with E-state index in [9.17, 15) is 9.59 Å². The predicted molar refractivity (Wildman–Crippen MR) is 120 cm³/mol. The minimum absolute atomic E-state index is 0.114. The average Bonchev–Trinajstić information content (AvgIpc) is 3.05. The molecule has 0 unspecified atom stereocenters. The molecular weight excluding hydrogens is 394 g/mol. The number of aromatic nitrogens is 1. The molecule has 0 saturated carbocycles.